The molecule has 2 heterocycles. The Kier molecular flexibility index (Phi) is 3.43. The molecule has 0 aromatic rings. The minimum atomic E-state index is -0.319. The molecule has 0 saturated carbocycles. The fraction of sp³-hybridized carbons (Fsp3) is 0.818. The molecule has 0 aromatic heterocycles. The van der Waals surface area contributed by atoms with Crippen LogP contribution in [0.3, 0.4) is 0 Å². The maximum atomic E-state index is 12.1. The predicted octanol–water partition coefficient (Wildman–Crippen LogP) is -0.0976. The third-order valence-electron chi connectivity index (χ3n) is 3.21. The van der Waals surface area contributed by atoms with Crippen LogP contribution in [0.25, 0.3) is 0 Å². The fourth-order valence-corrected chi connectivity index (χ4v) is 2.34. The highest BCUT2D eigenvalue weighted by Gasteiger charge is 2.36. The highest BCUT2D eigenvalue weighted by molar-refractivity contribution is 5.90. The van der Waals surface area contributed by atoms with Gasteiger partial charge >= 0.3 is 0 Å². The molecule has 0 aliphatic carbocycles. The number of amides is 2. The van der Waals surface area contributed by atoms with Gasteiger partial charge in [-0.25, -0.2) is 0 Å². The number of hydrogen-bond donors (Lipinski definition) is 1. The van der Waals surface area contributed by atoms with Crippen LogP contribution in [0.15, 0.2) is 0 Å². The molecule has 1 N–H and O–H groups in total. The van der Waals surface area contributed by atoms with Crippen LogP contribution in [0, 0.1) is 0 Å². The number of carbonyl (C=O) groups is 2. The van der Waals surface area contributed by atoms with Crippen molar-refractivity contribution in [3.05, 3.63) is 0 Å². The second kappa shape index (κ2) is 4.82. The largest absolute Gasteiger partial charge is 0.368 e. The van der Waals surface area contributed by atoms with Crippen LogP contribution in [0.4, 0.5) is 0 Å². The molecule has 1 unspecified atom stereocenters. The summed E-state index contributed by atoms with van der Waals surface area (Å²) in [6.07, 6.45) is 2.06. The highest BCUT2D eigenvalue weighted by atomic mass is 16.5. The average Bonchev–Trinajstić information content (AvgIpc) is 2.81. The lowest BCUT2D eigenvalue weighted by molar-refractivity contribution is -0.150. The lowest BCUT2D eigenvalue weighted by Gasteiger charge is -2.35. The van der Waals surface area contributed by atoms with Crippen molar-refractivity contribution in [2.45, 2.75) is 38.3 Å². The fourth-order valence-electron chi connectivity index (χ4n) is 2.34. The molecule has 2 rings (SSSR count). The summed E-state index contributed by atoms with van der Waals surface area (Å²) in [5.41, 5.74) is 0. The molecule has 16 heavy (non-hydrogen) atoms. The minimum absolute atomic E-state index is 0.0146. The van der Waals surface area contributed by atoms with Crippen molar-refractivity contribution in [3.8, 4) is 0 Å². The van der Waals surface area contributed by atoms with Crippen molar-refractivity contribution in [1.29, 1.82) is 0 Å². The maximum absolute atomic E-state index is 12.1. The maximum Gasteiger partial charge on any atom is 0.252 e. The lowest BCUT2D eigenvalue weighted by Crippen LogP contribution is -2.58. The zero-order valence-corrected chi connectivity index (χ0v) is 9.57. The Hall–Kier alpha value is -1.10. The monoisotopic (exact) mass is 226 g/mol. The van der Waals surface area contributed by atoms with E-state index in [1.807, 2.05) is 6.92 Å². The Morgan fingerprint density at radius 3 is 3.06 bits per heavy atom. The first kappa shape index (κ1) is 11.4. The van der Waals surface area contributed by atoms with E-state index < -0.39 is 0 Å². The van der Waals surface area contributed by atoms with Gasteiger partial charge in [0.1, 0.15) is 12.1 Å². The standard InChI is InChI=1S/C11H18N2O3/c1-2-8-10(14)12-5-6-13(8)11(15)9-4-3-7-16-9/h8-9H,2-7H2,1H3,(H,12,14)/t8?,9-/m0/s1. The van der Waals surface area contributed by atoms with E-state index in [0.717, 1.165) is 12.8 Å². The summed E-state index contributed by atoms with van der Waals surface area (Å²) >= 11 is 0. The number of carbonyl (C=O) groups excluding carboxylic acids is 2. The number of piperazine rings is 1. The molecular weight excluding hydrogens is 208 g/mol. The van der Waals surface area contributed by atoms with Gasteiger partial charge in [0, 0.05) is 19.7 Å². The van der Waals surface area contributed by atoms with Gasteiger partial charge in [0.05, 0.1) is 0 Å². The first-order valence-electron chi connectivity index (χ1n) is 5.94. The van der Waals surface area contributed by atoms with E-state index in [2.05, 4.69) is 5.32 Å². The van der Waals surface area contributed by atoms with Crippen molar-refractivity contribution in [2.24, 2.45) is 0 Å². The van der Waals surface area contributed by atoms with Crippen LogP contribution < -0.4 is 5.32 Å². The molecule has 2 saturated heterocycles. The van der Waals surface area contributed by atoms with Gasteiger partial charge in [-0.05, 0) is 19.3 Å². The van der Waals surface area contributed by atoms with Crippen molar-refractivity contribution in [2.75, 3.05) is 19.7 Å². The van der Waals surface area contributed by atoms with Crippen molar-refractivity contribution in [1.82, 2.24) is 10.2 Å². The molecule has 0 aromatic carbocycles. The topological polar surface area (TPSA) is 58.6 Å². The SMILES string of the molecule is CCC1C(=O)NCCN1C(=O)[C@@H]1CCCO1. The molecule has 0 radical (unpaired) electrons. The van der Waals surface area contributed by atoms with Gasteiger partial charge < -0.3 is 15.0 Å². The summed E-state index contributed by atoms with van der Waals surface area (Å²) < 4.78 is 5.37. The predicted molar refractivity (Wildman–Crippen MR) is 57.8 cm³/mol. The molecule has 0 spiro atoms. The van der Waals surface area contributed by atoms with E-state index in [1.165, 1.54) is 0 Å². The van der Waals surface area contributed by atoms with E-state index in [0.29, 0.717) is 26.1 Å². The third kappa shape index (κ3) is 2.04. The molecule has 2 atom stereocenters. The van der Waals surface area contributed by atoms with E-state index in [1.54, 1.807) is 4.90 Å². The minimum Gasteiger partial charge on any atom is -0.368 e. The Bertz CT molecular complexity index is 287. The Morgan fingerprint density at radius 2 is 2.44 bits per heavy atom. The zero-order chi connectivity index (χ0) is 11.5. The third-order valence-corrected chi connectivity index (χ3v) is 3.21. The van der Waals surface area contributed by atoms with Gasteiger partial charge in [-0.2, -0.15) is 0 Å². The Labute approximate surface area is 95.1 Å². The second-order valence-electron chi connectivity index (χ2n) is 4.25. The highest BCUT2D eigenvalue weighted by Crippen LogP contribution is 2.18. The first-order chi connectivity index (χ1) is 7.74. The Balaban J connectivity index is 2.05. The normalized spacial score (nSPS) is 30.3. The van der Waals surface area contributed by atoms with Crippen LogP contribution in [0.2, 0.25) is 0 Å². The van der Waals surface area contributed by atoms with Crippen LogP contribution in [0.5, 0.6) is 0 Å². The van der Waals surface area contributed by atoms with E-state index in [-0.39, 0.29) is 24.0 Å². The van der Waals surface area contributed by atoms with Crippen LogP contribution in [-0.2, 0) is 14.3 Å². The summed E-state index contributed by atoms with van der Waals surface area (Å²) in [6.45, 7) is 3.73. The second-order valence-corrected chi connectivity index (χ2v) is 4.25. The van der Waals surface area contributed by atoms with Crippen molar-refractivity contribution < 1.29 is 14.3 Å². The number of hydrogen-bond acceptors (Lipinski definition) is 3. The molecule has 5 heteroatoms. The molecule has 0 bridgehead atoms. The summed E-state index contributed by atoms with van der Waals surface area (Å²) in [4.78, 5) is 25.4. The lowest BCUT2D eigenvalue weighted by atomic mass is 10.1. The van der Waals surface area contributed by atoms with Gasteiger partial charge in [-0.1, -0.05) is 6.92 Å². The van der Waals surface area contributed by atoms with Crippen molar-refractivity contribution >= 4 is 11.8 Å². The number of ether oxygens (including phenoxy) is 1. The molecular formula is C11H18N2O3. The zero-order valence-electron chi connectivity index (χ0n) is 9.57. The van der Waals surface area contributed by atoms with Gasteiger partial charge in [0.15, 0.2) is 0 Å². The molecule has 2 aliphatic rings. The number of rotatable bonds is 2. The van der Waals surface area contributed by atoms with E-state index in [4.69, 9.17) is 4.74 Å². The van der Waals surface area contributed by atoms with Gasteiger partial charge in [0.2, 0.25) is 5.91 Å². The van der Waals surface area contributed by atoms with Crippen LogP contribution >= 0.6 is 0 Å². The molecule has 2 amide bonds. The smallest absolute Gasteiger partial charge is 0.252 e. The van der Waals surface area contributed by atoms with Crippen LogP contribution in [0.1, 0.15) is 26.2 Å². The van der Waals surface area contributed by atoms with Gasteiger partial charge in [-0.3, -0.25) is 9.59 Å². The summed E-state index contributed by atoms with van der Waals surface area (Å²) in [6, 6.07) is -0.314. The molecule has 2 aliphatic heterocycles. The Morgan fingerprint density at radius 1 is 1.62 bits per heavy atom. The molecule has 90 valence electrons. The summed E-state index contributed by atoms with van der Waals surface area (Å²) in [5, 5.41) is 2.78. The van der Waals surface area contributed by atoms with E-state index >= 15 is 0 Å². The van der Waals surface area contributed by atoms with Crippen LogP contribution in [-0.4, -0.2) is 48.6 Å². The molecule has 2 fully saturated rings. The van der Waals surface area contributed by atoms with Crippen molar-refractivity contribution in [3.63, 3.8) is 0 Å². The summed E-state index contributed by atoms with van der Waals surface area (Å²) in [5.74, 6) is -0.0562. The van der Waals surface area contributed by atoms with Gasteiger partial charge in [0.25, 0.3) is 5.91 Å². The summed E-state index contributed by atoms with van der Waals surface area (Å²) in [7, 11) is 0. The quantitative estimate of drug-likeness (QED) is 0.715. The number of nitrogens with zero attached hydrogens (tertiary/aromatic N) is 1. The van der Waals surface area contributed by atoms with E-state index in [9.17, 15) is 9.59 Å². The number of nitrogens with one attached hydrogen (secondary N) is 1. The average molecular weight is 226 g/mol. The van der Waals surface area contributed by atoms with Gasteiger partial charge in [-0.15, -0.1) is 0 Å². The molecule has 5 nitrogen and oxygen atoms in total. The first-order valence-corrected chi connectivity index (χ1v) is 5.94.